The Kier molecular flexibility index (Phi) is 8.14. The third-order valence-electron chi connectivity index (χ3n) is 5.14. The van der Waals surface area contributed by atoms with Gasteiger partial charge in [-0.25, -0.2) is 9.59 Å². The minimum atomic E-state index is -0.786. The molecule has 0 amide bonds. The zero-order chi connectivity index (χ0) is 22.4. The van der Waals surface area contributed by atoms with E-state index in [2.05, 4.69) is 6.58 Å². The van der Waals surface area contributed by atoms with Crippen LogP contribution in [0.25, 0.3) is 0 Å². The molecule has 30 heavy (non-hydrogen) atoms. The summed E-state index contributed by atoms with van der Waals surface area (Å²) in [6.07, 6.45) is 3.45. The van der Waals surface area contributed by atoms with E-state index >= 15 is 0 Å². The topological polar surface area (TPSA) is 119 Å². The van der Waals surface area contributed by atoms with Crippen LogP contribution in [0, 0.1) is 5.92 Å². The van der Waals surface area contributed by atoms with Crippen LogP contribution in [0.1, 0.15) is 33.6 Å². The van der Waals surface area contributed by atoms with Gasteiger partial charge in [0.25, 0.3) is 0 Å². The highest BCUT2D eigenvalue weighted by molar-refractivity contribution is 5.92. The molecule has 0 aromatic heterocycles. The Labute approximate surface area is 175 Å². The van der Waals surface area contributed by atoms with Crippen molar-refractivity contribution in [1.82, 2.24) is 0 Å². The molecule has 8 nitrogen and oxygen atoms in total. The van der Waals surface area contributed by atoms with Gasteiger partial charge in [0, 0.05) is 25.3 Å². The SMILES string of the molecule is C=C1C(=O)O[C@@H]2/C=C(/C)[C@@H](OC(C)=O)C/C=C(/C)C[C@@H](OC(=O)/C(=C/CO)CO)[C@@H]12. The first-order valence-electron chi connectivity index (χ1n) is 9.70. The number of hydrogen-bond acceptors (Lipinski definition) is 8. The van der Waals surface area contributed by atoms with Crippen molar-refractivity contribution in [2.24, 2.45) is 5.92 Å². The van der Waals surface area contributed by atoms with Crippen molar-refractivity contribution in [3.8, 4) is 0 Å². The van der Waals surface area contributed by atoms with E-state index in [1.165, 1.54) is 13.0 Å². The zero-order valence-electron chi connectivity index (χ0n) is 17.4. The second kappa shape index (κ2) is 10.4. The maximum absolute atomic E-state index is 12.5. The maximum Gasteiger partial charge on any atom is 0.336 e. The van der Waals surface area contributed by atoms with Crippen LogP contribution in [-0.2, 0) is 28.6 Å². The maximum atomic E-state index is 12.5. The Morgan fingerprint density at radius 3 is 2.60 bits per heavy atom. The molecule has 164 valence electrons. The third-order valence-corrected chi connectivity index (χ3v) is 5.14. The molecule has 0 bridgehead atoms. The highest BCUT2D eigenvalue weighted by Gasteiger charge is 2.45. The van der Waals surface area contributed by atoms with Crippen LogP contribution in [0.15, 0.2) is 47.1 Å². The van der Waals surface area contributed by atoms with Gasteiger partial charge in [0.05, 0.1) is 24.7 Å². The predicted octanol–water partition coefficient (Wildman–Crippen LogP) is 1.53. The Balaban J connectivity index is 2.42. The van der Waals surface area contributed by atoms with Crippen molar-refractivity contribution >= 4 is 17.9 Å². The van der Waals surface area contributed by atoms with E-state index in [0.717, 1.165) is 5.57 Å². The van der Waals surface area contributed by atoms with Gasteiger partial charge in [0.15, 0.2) is 0 Å². The molecule has 8 heteroatoms. The van der Waals surface area contributed by atoms with Gasteiger partial charge in [-0.15, -0.1) is 0 Å². The van der Waals surface area contributed by atoms with Crippen LogP contribution >= 0.6 is 0 Å². The van der Waals surface area contributed by atoms with Gasteiger partial charge < -0.3 is 24.4 Å². The van der Waals surface area contributed by atoms with Crippen molar-refractivity contribution < 1.29 is 38.8 Å². The fourth-order valence-electron chi connectivity index (χ4n) is 3.56. The summed E-state index contributed by atoms with van der Waals surface area (Å²) < 4.78 is 16.5. The molecule has 2 N–H and O–H groups in total. The number of ether oxygens (including phenoxy) is 3. The fraction of sp³-hybridized carbons (Fsp3) is 0.500. The first-order chi connectivity index (χ1) is 14.2. The second-order valence-electron chi connectivity index (χ2n) is 7.43. The minimum Gasteiger partial charge on any atom is -0.458 e. The average molecular weight is 420 g/mol. The number of esters is 3. The molecule has 1 saturated heterocycles. The summed E-state index contributed by atoms with van der Waals surface area (Å²) in [4.78, 5) is 36.2. The zero-order valence-corrected chi connectivity index (χ0v) is 17.4. The summed E-state index contributed by atoms with van der Waals surface area (Å²) in [5, 5.41) is 18.4. The van der Waals surface area contributed by atoms with Crippen molar-refractivity contribution in [2.75, 3.05) is 13.2 Å². The lowest BCUT2D eigenvalue weighted by molar-refractivity contribution is -0.148. The molecule has 4 atom stereocenters. The molecule has 2 rings (SSSR count). The molecular weight excluding hydrogens is 392 g/mol. The summed E-state index contributed by atoms with van der Waals surface area (Å²) in [7, 11) is 0. The number of rotatable bonds is 5. The van der Waals surface area contributed by atoms with Crippen LogP contribution in [0.4, 0.5) is 0 Å². The molecule has 0 spiro atoms. The molecule has 0 aromatic rings. The van der Waals surface area contributed by atoms with Gasteiger partial charge in [-0.2, -0.15) is 0 Å². The second-order valence-corrected chi connectivity index (χ2v) is 7.43. The summed E-state index contributed by atoms with van der Waals surface area (Å²) >= 11 is 0. The number of aliphatic hydroxyl groups is 2. The third kappa shape index (κ3) is 5.67. The van der Waals surface area contributed by atoms with Crippen LogP contribution in [0.3, 0.4) is 0 Å². The van der Waals surface area contributed by atoms with E-state index < -0.39 is 55.4 Å². The van der Waals surface area contributed by atoms with Gasteiger partial charge in [-0.05, 0) is 31.6 Å². The van der Waals surface area contributed by atoms with Crippen LogP contribution in [0.2, 0.25) is 0 Å². The number of carbonyl (C=O) groups excluding carboxylic acids is 3. The fourth-order valence-corrected chi connectivity index (χ4v) is 3.56. The van der Waals surface area contributed by atoms with Crippen LogP contribution in [-0.4, -0.2) is 59.6 Å². The molecular formula is C22H28O8. The Hall–Kier alpha value is -2.71. The number of hydrogen-bond donors (Lipinski definition) is 2. The summed E-state index contributed by atoms with van der Waals surface area (Å²) in [5.74, 6) is -2.44. The number of fused-ring (bicyclic) bond motifs is 1. The minimum absolute atomic E-state index is 0.0784. The van der Waals surface area contributed by atoms with Crippen LogP contribution < -0.4 is 0 Å². The molecule has 1 aliphatic carbocycles. The lowest BCUT2D eigenvalue weighted by Gasteiger charge is -2.28. The normalized spacial score (nSPS) is 30.9. The quantitative estimate of drug-likeness (QED) is 0.297. The smallest absolute Gasteiger partial charge is 0.336 e. The average Bonchev–Trinajstić information content (AvgIpc) is 2.94. The van der Waals surface area contributed by atoms with E-state index in [1.807, 2.05) is 13.0 Å². The van der Waals surface area contributed by atoms with Gasteiger partial charge >= 0.3 is 17.9 Å². The molecule has 0 radical (unpaired) electrons. The van der Waals surface area contributed by atoms with E-state index in [-0.39, 0.29) is 11.1 Å². The van der Waals surface area contributed by atoms with Crippen molar-refractivity contribution in [2.45, 2.75) is 51.9 Å². The summed E-state index contributed by atoms with van der Waals surface area (Å²) in [5.41, 5.74) is 1.67. The Morgan fingerprint density at radius 2 is 2.00 bits per heavy atom. The highest BCUT2D eigenvalue weighted by atomic mass is 16.6. The van der Waals surface area contributed by atoms with Crippen molar-refractivity contribution in [3.63, 3.8) is 0 Å². The first-order valence-corrected chi connectivity index (χ1v) is 9.70. The van der Waals surface area contributed by atoms with E-state index in [0.29, 0.717) is 18.4 Å². The van der Waals surface area contributed by atoms with E-state index in [1.54, 1.807) is 13.0 Å². The largest absolute Gasteiger partial charge is 0.458 e. The standard InChI is InChI=1S/C22H28O8/c1-12-5-6-17(28-15(4)25)13(2)10-19-20(14(3)21(26)29-19)18(9-12)30-22(27)16(11-24)7-8-23/h5,7,10,17-20,23-24H,3,6,8-9,11H2,1-2,4H3/b12-5-,13-10-,16-7+/t17-,18+,19+,20+/m0/s1. The lowest BCUT2D eigenvalue weighted by atomic mass is 9.85. The Bertz CT molecular complexity index is 804. The van der Waals surface area contributed by atoms with Crippen molar-refractivity contribution in [1.29, 1.82) is 0 Å². The first kappa shape index (κ1) is 23.6. The van der Waals surface area contributed by atoms with Gasteiger partial charge in [0.1, 0.15) is 18.3 Å². The molecule has 2 aliphatic rings. The molecule has 0 aromatic carbocycles. The molecule has 0 unspecified atom stereocenters. The number of aliphatic hydroxyl groups excluding tert-OH is 2. The monoisotopic (exact) mass is 420 g/mol. The lowest BCUT2D eigenvalue weighted by Crippen LogP contribution is -2.34. The van der Waals surface area contributed by atoms with Crippen molar-refractivity contribution in [3.05, 3.63) is 47.1 Å². The molecule has 1 fully saturated rings. The highest BCUT2D eigenvalue weighted by Crippen LogP contribution is 2.36. The van der Waals surface area contributed by atoms with Gasteiger partial charge in [0.2, 0.25) is 0 Å². The molecule has 1 heterocycles. The van der Waals surface area contributed by atoms with E-state index in [9.17, 15) is 19.5 Å². The van der Waals surface area contributed by atoms with Gasteiger partial charge in [-0.1, -0.05) is 18.2 Å². The predicted molar refractivity (Wildman–Crippen MR) is 107 cm³/mol. The molecule has 1 aliphatic heterocycles. The molecule has 0 saturated carbocycles. The van der Waals surface area contributed by atoms with E-state index in [4.69, 9.17) is 19.3 Å². The summed E-state index contributed by atoms with van der Waals surface area (Å²) in [6.45, 7) is 7.76. The summed E-state index contributed by atoms with van der Waals surface area (Å²) in [6, 6.07) is 0. The Morgan fingerprint density at radius 1 is 1.30 bits per heavy atom. The van der Waals surface area contributed by atoms with Gasteiger partial charge in [-0.3, -0.25) is 4.79 Å². The van der Waals surface area contributed by atoms with Crippen LogP contribution in [0.5, 0.6) is 0 Å². The number of carbonyl (C=O) groups is 3.